The molecule has 1 aliphatic rings. The lowest BCUT2D eigenvalue weighted by atomic mass is 10.1. The molecule has 1 saturated heterocycles. The number of amides is 1. The molecule has 6 heteroatoms. The minimum atomic E-state index is 0.00674. The predicted octanol–water partition coefficient (Wildman–Crippen LogP) is 3.71. The van der Waals surface area contributed by atoms with E-state index in [2.05, 4.69) is 11.0 Å². The van der Waals surface area contributed by atoms with E-state index >= 15 is 0 Å². The highest BCUT2D eigenvalue weighted by Crippen LogP contribution is 2.31. The first kappa shape index (κ1) is 20.2. The second-order valence-corrected chi connectivity index (χ2v) is 7.08. The van der Waals surface area contributed by atoms with Crippen molar-refractivity contribution in [1.29, 1.82) is 0 Å². The molecule has 1 aliphatic heterocycles. The number of carbonyl (C=O) groups excluding carboxylic acids is 1. The van der Waals surface area contributed by atoms with Crippen molar-refractivity contribution in [3.8, 4) is 11.5 Å². The minimum absolute atomic E-state index is 0.00674. The second-order valence-electron chi connectivity index (χ2n) is 6.65. The van der Waals surface area contributed by atoms with Gasteiger partial charge in [0.1, 0.15) is 0 Å². The van der Waals surface area contributed by atoms with Crippen LogP contribution in [0.25, 0.3) is 6.08 Å². The Morgan fingerprint density at radius 3 is 2.50 bits per heavy atom. The standard InChI is InChI=1S/C22H25ClN2O3/c1-27-20-8-4-6-18(22(20)28-2)9-10-21(26)25-13-11-24(12-14-25)16-17-5-3-7-19(23)15-17/h3-10,15H,11-14,16H2,1-2H3/b10-9+. The zero-order valence-corrected chi connectivity index (χ0v) is 17.0. The maximum atomic E-state index is 12.6. The molecule has 0 atom stereocenters. The third-order valence-corrected chi connectivity index (χ3v) is 5.05. The van der Waals surface area contributed by atoms with Crippen LogP contribution in [0.3, 0.4) is 0 Å². The topological polar surface area (TPSA) is 42.0 Å². The lowest BCUT2D eigenvalue weighted by Gasteiger charge is -2.34. The number of carbonyl (C=O) groups is 1. The molecule has 5 nitrogen and oxygen atoms in total. The van der Waals surface area contributed by atoms with Crippen LogP contribution in [0.5, 0.6) is 11.5 Å². The number of hydrogen-bond donors (Lipinski definition) is 0. The molecule has 0 N–H and O–H groups in total. The van der Waals surface area contributed by atoms with Gasteiger partial charge in [0, 0.05) is 49.4 Å². The van der Waals surface area contributed by atoms with Crippen LogP contribution < -0.4 is 9.47 Å². The highest BCUT2D eigenvalue weighted by Gasteiger charge is 2.20. The lowest BCUT2D eigenvalue weighted by Crippen LogP contribution is -2.47. The smallest absolute Gasteiger partial charge is 0.246 e. The molecule has 1 amide bonds. The average Bonchev–Trinajstić information content (AvgIpc) is 2.72. The number of halogens is 1. The molecule has 0 spiro atoms. The fourth-order valence-corrected chi connectivity index (χ4v) is 3.54. The van der Waals surface area contributed by atoms with Crippen LogP contribution in [-0.2, 0) is 11.3 Å². The van der Waals surface area contributed by atoms with Gasteiger partial charge in [0.25, 0.3) is 0 Å². The number of nitrogens with zero attached hydrogens (tertiary/aromatic N) is 2. The third kappa shape index (κ3) is 5.06. The summed E-state index contributed by atoms with van der Waals surface area (Å²) < 4.78 is 10.7. The molecule has 1 fully saturated rings. The van der Waals surface area contributed by atoms with Crippen molar-refractivity contribution in [2.75, 3.05) is 40.4 Å². The van der Waals surface area contributed by atoms with Crippen LogP contribution >= 0.6 is 11.6 Å². The quantitative estimate of drug-likeness (QED) is 0.693. The number of methoxy groups -OCH3 is 2. The van der Waals surface area contributed by atoms with Crippen LogP contribution in [0, 0.1) is 0 Å². The van der Waals surface area contributed by atoms with Crippen molar-refractivity contribution in [2.45, 2.75) is 6.54 Å². The highest BCUT2D eigenvalue weighted by atomic mass is 35.5. The summed E-state index contributed by atoms with van der Waals surface area (Å²) in [5.74, 6) is 1.28. The van der Waals surface area contributed by atoms with Crippen molar-refractivity contribution in [3.05, 3.63) is 64.7 Å². The van der Waals surface area contributed by atoms with Gasteiger partial charge in [0.05, 0.1) is 14.2 Å². The summed E-state index contributed by atoms with van der Waals surface area (Å²) in [4.78, 5) is 16.8. The van der Waals surface area contributed by atoms with Crippen LogP contribution in [0.2, 0.25) is 5.02 Å². The molecule has 28 heavy (non-hydrogen) atoms. The molecule has 1 heterocycles. The molecule has 0 unspecified atom stereocenters. The number of para-hydroxylation sites is 1. The predicted molar refractivity (Wildman–Crippen MR) is 112 cm³/mol. The summed E-state index contributed by atoms with van der Waals surface area (Å²) >= 11 is 6.06. The van der Waals surface area contributed by atoms with E-state index in [0.29, 0.717) is 24.6 Å². The minimum Gasteiger partial charge on any atom is -0.493 e. The number of rotatable bonds is 6. The zero-order valence-electron chi connectivity index (χ0n) is 16.2. The number of benzene rings is 2. The molecule has 3 rings (SSSR count). The van der Waals surface area contributed by atoms with Gasteiger partial charge in [0.2, 0.25) is 5.91 Å². The van der Waals surface area contributed by atoms with Crippen LogP contribution in [0.4, 0.5) is 0 Å². The van der Waals surface area contributed by atoms with Crippen LogP contribution in [0.15, 0.2) is 48.5 Å². The summed E-state index contributed by atoms with van der Waals surface area (Å²) in [6.45, 7) is 3.94. The summed E-state index contributed by atoms with van der Waals surface area (Å²) in [7, 11) is 3.19. The molecule has 148 valence electrons. The molecular formula is C22H25ClN2O3. The van der Waals surface area contributed by atoms with Crippen molar-refractivity contribution >= 4 is 23.6 Å². The summed E-state index contributed by atoms with van der Waals surface area (Å²) in [5.41, 5.74) is 2.01. The SMILES string of the molecule is COc1cccc(/C=C/C(=O)N2CCN(Cc3cccc(Cl)c3)CC2)c1OC. The van der Waals surface area contributed by atoms with Crippen molar-refractivity contribution in [1.82, 2.24) is 9.80 Å². The van der Waals surface area contributed by atoms with Gasteiger partial charge < -0.3 is 14.4 Å². The van der Waals surface area contributed by atoms with Gasteiger partial charge >= 0.3 is 0 Å². The second kappa shape index (κ2) is 9.62. The van der Waals surface area contributed by atoms with Gasteiger partial charge in [0.15, 0.2) is 11.5 Å². The highest BCUT2D eigenvalue weighted by molar-refractivity contribution is 6.30. The van der Waals surface area contributed by atoms with Gasteiger partial charge in [-0.05, 0) is 29.8 Å². The molecule has 2 aromatic carbocycles. The Hall–Kier alpha value is -2.50. The third-order valence-electron chi connectivity index (χ3n) is 4.82. The molecule has 0 bridgehead atoms. The van der Waals surface area contributed by atoms with E-state index in [4.69, 9.17) is 21.1 Å². The molecule has 0 aromatic heterocycles. The molecular weight excluding hydrogens is 376 g/mol. The van der Waals surface area contributed by atoms with E-state index in [1.165, 1.54) is 5.56 Å². The Kier molecular flexibility index (Phi) is 6.95. The van der Waals surface area contributed by atoms with E-state index in [1.807, 2.05) is 41.3 Å². The monoisotopic (exact) mass is 400 g/mol. The Labute approximate surface area is 171 Å². The average molecular weight is 401 g/mol. The number of piperazine rings is 1. The fourth-order valence-electron chi connectivity index (χ4n) is 3.33. The van der Waals surface area contributed by atoms with Gasteiger partial charge in [-0.25, -0.2) is 0 Å². The van der Waals surface area contributed by atoms with E-state index in [9.17, 15) is 4.79 Å². The normalized spacial score (nSPS) is 15.0. The summed E-state index contributed by atoms with van der Waals surface area (Å²) in [6.07, 6.45) is 3.38. The van der Waals surface area contributed by atoms with Gasteiger partial charge in [-0.2, -0.15) is 0 Å². The van der Waals surface area contributed by atoms with Crippen LogP contribution in [-0.4, -0.2) is 56.1 Å². The maximum absolute atomic E-state index is 12.6. The number of ether oxygens (including phenoxy) is 2. The van der Waals surface area contributed by atoms with Crippen molar-refractivity contribution in [2.24, 2.45) is 0 Å². The largest absolute Gasteiger partial charge is 0.493 e. The van der Waals surface area contributed by atoms with E-state index in [0.717, 1.165) is 30.2 Å². The Morgan fingerprint density at radius 2 is 1.82 bits per heavy atom. The van der Waals surface area contributed by atoms with Gasteiger partial charge in [-0.3, -0.25) is 9.69 Å². The summed E-state index contributed by atoms with van der Waals surface area (Å²) in [6, 6.07) is 13.5. The Bertz CT molecular complexity index is 845. The van der Waals surface area contributed by atoms with E-state index < -0.39 is 0 Å². The first-order chi connectivity index (χ1) is 13.6. The fraction of sp³-hybridized carbons (Fsp3) is 0.318. The van der Waals surface area contributed by atoms with Crippen molar-refractivity contribution in [3.63, 3.8) is 0 Å². The summed E-state index contributed by atoms with van der Waals surface area (Å²) in [5, 5.41) is 0.754. The van der Waals surface area contributed by atoms with Crippen molar-refractivity contribution < 1.29 is 14.3 Å². The van der Waals surface area contributed by atoms with E-state index in [-0.39, 0.29) is 5.91 Å². The van der Waals surface area contributed by atoms with E-state index in [1.54, 1.807) is 26.4 Å². The lowest BCUT2D eigenvalue weighted by molar-refractivity contribution is -0.127. The number of hydrogen-bond acceptors (Lipinski definition) is 4. The first-order valence-corrected chi connectivity index (χ1v) is 9.63. The van der Waals surface area contributed by atoms with Gasteiger partial charge in [-0.15, -0.1) is 0 Å². The Balaban J connectivity index is 1.56. The molecule has 0 radical (unpaired) electrons. The van der Waals surface area contributed by atoms with Gasteiger partial charge in [-0.1, -0.05) is 35.9 Å². The Morgan fingerprint density at radius 1 is 1.07 bits per heavy atom. The molecule has 2 aromatic rings. The maximum Gasteiger partial charge on any atom is 0.246 e. The first-order valence-electron chi connectivity index (χ1n) is 9.25. The van der Waals surface area contributed by atoms with Crippen LogP contribution in [0.1, 0.15) is 11.1 Å². The molecule has 0 saturated carbocycles. The zero-order chi connectivity index (χ0) is 19.9. The molecule has 0 aliphatic carbocycles.